The summed E-state index contributed by atoms with van der Waals surface area (Å²) in [7, 11) is -3.67. The van der Waals surface area contributed by atoms with Crippen molar-refractivity contribution in [3.8, 4) is 0 Å². The summed E-state index contributed by atoms with van der Waals surface area (Å²) in [6.45, 7) is 0. The third kappa shape index (κ3) is 4.54. The van der Waals surface area contributed by atoms with Gasteiger partial charge in [-0.3, -0.25) is 14.3 Å². The number of carboxylic acids is 1. The predicted molar refractivity (Wildman–Crippen MR) is 64.4 cm³/mol. The SMILES string of the molecule is CS(=O)(=O)NC(=O)CC(C(=O)O)c1ccccc1. The molecular formula is C11H13NO5S. The molecule has 2 N–H and O–H groups in total. The van der Waals surface area contributed by atoms with E-state index in [1.54, 1.807) is 35.1 Å². The molecule has 0 bridgehead atoms. The highest BCUT2D eigenvalue weighted by atomic mass is 32.2. The number of rotatable bonds is 5. The number of hydrogen-bond acceptors (Lipinski definition) is 4. The maximum absolute atomic E-state index is 11.4. The van der Waals surface area contributed by atoms with Crippen LogP contribution in [0.4, 0.5) is 0 Å². The number of nitrogens with one attached hydrogen (secondary N) is 1. The average Bonchev–Trinajstić information content (AvgIpc) is 2.24. The molecule has 0 radical (unpaired) electrons. The lowest BCUT2D eigenvalue weighted by atomic mass is 9.96. The molecule has 0 saturated heterocycles. The molecule has 7 heteroatoms. The van der Waals surface area contributed by atoms with Gasteiger partial charge in [0.25, 0.3) is 0 Å². The average molecular weight is 271 g/mol. The van der Waals surface area contributed by atoms with E-state index < -0.39 is 34.2 Å². The zero-order chi connectivity index (χ0) is 13.8. The van der Waals surface area contributed by atoms with Gasteiger partial charge in [0, 0.05) is 6.42 Å². The Bertz CT molecular complexity index is 538. The number of carbonyl (C=O) groups is 2. The van der Waals surface area contributed by atoms with Crippen molar-refractivity contribution in [1.29, 1.82) is 0 Å². The van der Waals surface area contributed by atoms with Gasteiger partial charge in [0.2, 0.25) is 15.9 Å². The fourth-order valence-electron chi connectivity index (χ4n) is 1.47. The van der Waals surface area contributed by atoms with Gasteiger partial charge in [0.15, 0.2) is 0 Å². The second kappa shape index (κ2) is 5.63. The van der Waals surface area contributed by atoms with E-state index in [4.69, 9.17) is 5.11 Å². The molecule has 1 amide bonds. The summed E-state index contributed by atoms with van der Waals surface area (Å²) in [4.78, 5) is 22.5. The molecule has 1 unspecified atom stereocenters. The van der Waals surface area contributed by atoms with Gasteiger partial charge in [0.05, 0.1) is 12.2 Å². The highest BCUT2D eigenvalue weighted by Crippen LogP contribution is 2.19. The number of carboxylic acid groups (broad SMARTS) is 1. The minimum Gasteiger partial charge on any atom is -0.481 e. The first-order valence-electron chi connectivity index (χ1n) is 5.08. The van der Waals surface area contributed by atoms with E-state index in [1.165, 1.54) is 0 Å². The number of amides is 1. The van der Waals surface area contributed by atoms with Gasteiger partial charge in [0.1, 0.15) is 0 Å². The highest BCUT2D eigenvalue weighted by molar-refractivity contribution is 7.89. The summed E-state index contributed by atoms with van der Waals surface area (Å²) in [5.74, 6) is -3.08. The van der Waals surface area contributed by atoms with E-state index >= 15 is 0 Å². The van der Waals surface area contributed by atoms with Crippen LogP contribution in [0.3, 0.4) is 0 Å². The van der Waals surface area contributed by atoms with E-state index in [1.807, 2.05) is 0 Å². The molecule has 6 nitrogen and oxygen atoms in total. The first kappa shape index (κ1) is 14.2. The molecule has 0 aromatic heterocycles. The van der Waals surface area contributed by atoms with E-state index in [-0.39, 0.29) is 0 Å². The summed E-state index contributed by atoms with van der Waals surface area (Å²) in [6.07, 6.45) is 0.412. The van der Waals surface area contributed by atoms with E-state index in [0.717, 1.165) is 6.26 Å². The Morgan fingerprint density at radius 2 is 1.83 bits per heavy atom. The van der Waals surface area contributed by atoms with Crippen molar-refractivity contribution >= 4 is 21.9 Å². The molecule has 0 heterocycles. The Labute approximate surface area is 105 Å². The lowest BCUT2D eigenvalue weighted by Gasteiger charge is -2.12. The van der Waals surface area contributed by atoms with Crippen LogP contribution in [0.25, 0.3) is 0 Å². The molecule has 18 heavy (non-hydrogen) atoms. The smallest absolute Gasteiger partial charge is 0.311 e. The van der Waals surface area contributed by atoms with Crippen LogP contribution in [0.2, 0.25) is 0 Å². The largest absolute Gasteiger partial charge is 0.481 e. The Kier molecular flexibility index (Phi) is 4.43. The summed E-state index contributed by atoms with van der Waals surface area (Å²) in [5, 5.41) is 9.04. The maximum atomic E-state index is 11.4. The second-order valence-corrected chi connectivity index (χ2v) is 5.55. The summed E-state index contributed by atoms with van der Waals surface area (Å²) in [5.41, 5.74) is 0.452. The van der Waals surface area contributed by atoms with Crippen LogP contribution in [-0.2, 0) is 19.6 Å². The lowest BCUT2D eigenvalue weighted by Crippen LogP contribution is -2.31. The molecule has 1 aromatic carbocycles. The fraction of sp³-hybridized carbons (Fsp3) is 0.273. The Balaban J connectivity index is 2.83. The topological polar surface area (TPSA) is 101 Å². The quantitative estimate of drug-likeness (QED) is 0.803. The van der Waals surface area contributed by atoms with Gasteiger partial charge in [-0.2, -0.15) is 0 Å². The first-order valence-corrected chi connectivity index (χ1v) is 6.97. The molecule has 1 aromatic rings. The van der Waals surface area contributed by atoms with Crippen molar-refractivity contribution in [3.63, 3.8) is 0 Å². The van der Waals surface area contributed by atoms with Gasteiger partial charge in [-0.25, -0.2) is 8.42 Å². The Morgan fingerprint density at radius 3 is 2.28 bits per heavy atom. The minimum absolute atomic E-state index is 0.424. The molecule has 0 aliphatic heterocycles. The van der Waals surface area contributed by atoms with Gasteiger partial charge in [-0.05, 0) is 5.56 Å². The van der Waals surface area contributed by atoms with Crippen molar-refractivity contribution < 1.29 is 23.1 Å². The van der Waals surface area contributed by atoms with Crippen molar-refractivity contribution in [3.05, 3.63) is 35.9 Å². The third-order valence-corrected chi connectivity index (χ3v) is 2.79. The van der Waals surface area contributed by atoms with Crippen LogP contribution in [0.1, 0.15) is 17.9 Å². The van der Waals surface area contributed by atoms with Crippen LogP contribution in [0, 0.1) is 0 Å². The molecule has 0 saturated carbocycles. The van der Waals surface area contributed by atoms with Gasteiger partial charge < -0.3 is 5.11 Å². The van der Waals surface area contributed by atoms with Crippen LogP contribution < -0.4 is 4.72 Å². The molecule has 1 rings (SSSR count). The van der Waals surface area contributed by atoms with Crippen LogP contribution in [0.5, 0.6) is 0 Å². The molecule has 1 atom stereocenters. The first-order chi connectivity index (χ1) is 8.29. The second-order valence-electron chi connectivity index (χ2n) is 3.80. The van der Waals surface area contributed by atoms with E-state index in [2.05, 4.69) is 0 Å². The number of carbonyl (C=O) groups excluding carboxylic acids is 1. The third-order valence-electron chi connectivity index (χ3n) is 2.19. The highest BCUT2D eigenvalue weighted by Gasteiger charge is 2.24. The summed E-state index contributed by atoms with van der Waals surface area (Å²) in [6, 6.07) is 8.18. The molecule has 0 aliphatic rings. The van der Waals surface area contributed by atoms with Crippen molar-refractivity contribution in [1.82, 2.24) is 4.72 Å². The lowest BCUT2D eigenvalue weighted by molar-refractivity contribution is -0.140. The van der Waals surface area contributed by atoms with Crippen molar-refractivity contribution in [2.75, 3.05) is 6.26 Å². The zero-order valence-corrected chi connectivity index (χ0v) is 10.5. The molecule has 0 fully saturated rings. The van der Waals surface area contributed by atoms with Gasteiger partial charge in [-0.15, -0.1) is 0 Å². The zero-order valence-electron chi connectivity index (χ0n) is 9.66. The van der Waals surface area contributed by atoms with Crippen LogP contribution in [0.15, 0.2) is 30.3 Å². The number of hydrogen-bond donors (Lipinski definition) is 2. The molecular weight excluding hydrogens is 258 g/mol. The maximum Gasteiger partial charge on any atom is 0.311 e. The van der Waals surface area contributed by atoms with Crippen LogP contribution >= 0.6 is 0 Å². The van der Waals surface area contributed by atoms with E-state index in [9.17, 15) is 18.0 Å². The van der Waals surface area contributed by atoms with Gasteiger partial charge >= 0.3 is 5.97 Å². The molecule has 98 valence electrons. The predicted octanol–water partition coefficient (Wildman–Crippen LogP) is 0.321. The van der Waals surface area contributed by atoms with Crippen molar-refractivity contribution in [2.24, 2.45) is 0 Å². The van der Waals surface area contributed by atoms with E-state index in [0.29, 0.717) is 5.56 Å². The number of aliphatic carboxylic acids is 1. The minimum atomic E-state index is -3.67. The monoisotopic (exact) mass is 271 g/mol. The Hall–Kier alpha value is -1.89. The molecule has 0 aliphatic carbocycles. The van der Waals surface area contributed by atoms with Crippen LogP contribution in [-0.4, -0.2) is 31.7 Å². The number of sulfonamides is 1. The normalized spacial score (nSPS) is 12.7. The fourth-order valence-corrected chi connectivity index (χ4v) is 1.96. The molecule has 0 spiro atoms. The number of benzene rings is 1. The summed E-state index contributed by atoms with van der Waals surface area (Å²) < 4.78 is 23.4. The Morgan fingerprint density at radius 1 is 1.28 bits per heavy atom. The summed E-state index contributed by atoms with van der Waals surface area (Å²) >= 11 is 0. The van der Waals surface area contributed by atoms with Crippen molar-refractivity contribution in [2.45, 2.75) is 12.3 Å². The standard InChI is InChI=1S/C11H13NO5S/c1-18(16,17)12-10(13)7-9(11(14)15)8-5-3-2-4-6-8/h2-6,9H,7H2,1H3,(H,12,13)(H,14,15). The van der Waals surface area contributed by atoms with Gasteiger partial charge in [-0.1, -0.05) is 30.3 Å².